The minimum Gasteiger partial charge on any atom is -0.454 e. The summed E-state index contributed by atoms with van der Waals surface area (Å²) in [6, 6.07) is 8.71. The molecule has 2 heterocycles. The van der Waals surface area contributed by atoms with E-state index < -0.39 is 0 Å². The van der Waals surface area contributed by atoms with Crippen LogP contribution in [0.1, 0.15) is 22.2 Å². The van der Waals surface area contributed by atoms with E-state index in [1.54, 1.807) is 0 Å². The molecule has 0 fully saturated rings. The van der Waals surface area contributed by atoms with Crippen molar-refractivity contribution >= 4 is 22.9 Å². The van der Waals surface area contributed by atoms with E-state index in [0.717, 1.165) is 24.3 Å². The molecule has 2 aromatic rings. The van der Waals surface area contributed by atoms with Crippen molar-refractivity contribution in [1.29, 1.82) is 0 Å². The summed E-state index contributed by atoms with van der Waals surface area (Å²) < 4.78 is 10.7. The predicted molar refractivity (Wildman–Crippen MR) is 86.6 cm³/mol. The second kappa shape index (κ2) is 6.26. The van der Waals surface area contributed by atoms with Crippen molar-refractivity contribution in [3.05, 3.63) is 44.6 Å². The van der Waals surface area contributed by atoms with Gasteiger partial charge in [0.25, 0.3) is 0 Å². The van der Waals surface area contributed by atoms with Gasteiger partial charge in [-0.15, -0.1) is 11.3 Å². The van der Waals surface area contributed by atoms with Gasteiger partial charge in [-0.2, -0.15) is 0 Å². The summed E-state index contributed by atoms with van der Waals surface area (Å²) in [7, 11) is 0. The molecule has 0 amide bonds. The highest BCUT2D eigenvalue weighted by molar-refractivity contribution is 7.11. The first-order valence-electron chi connectivity index (χ1n) is 6.98. The molecule has 1 unspecified atom stereocenters. The number of rotatable bonds is 5. The maximum atomic E-state index is 6.19. The van der Waals surface area contributed by atoms with Crippen LogP contribution in [0, 0.1) is 6.92 Å². The highest BCUT2D eigenvalue weighted by Gasteiger charge is 2.18. The van der Waals surface area contributed by atoms with Gasteiger partial charge in [0.15, 0.2) is 11.5 Å². The molecular formula is C16H18ClNO2S. The maximum Gasteiger partial charge on any atom is 0.231 e. The lowest BCUT2D eigenvalue weighted by atomic mass is 10.1. The van der Waals surface area contributed by atoms with E-state index in [9.17, 15) is 0 Å². The van der Waals surface area contributed by atoms with Crippen LogP contribution >= 0.6 is 22.9 Å². The van der Waals surface area contributed by atoms with Gasteiger partial charge in [-0.25, -0.2) is 0 Å². The summed E-state index contributed by atoms with van der Waals surface area (Å²) in [5, 5.41) is 4.14. The summed E-state index contributed by atoms with van der Waals surface area (Å²) >= 11 is 8.05. The minimum absolute atomic E-state index is 0.250. The highest BCUT2D eigenvalue weighted by atomic mass is 35.5. The van der Waals surface area contributed by atoms with Crippen LogP contribution in [0.4, 0.5) is 0 Å². The average Bonchev–Trinajstić information content (AvgIpc) is 3.06. The Hall–Kier alpha value is -1.23. The lowest BCUT2D eigenvalue weighted by Crippen LogP contribution is -2.27. The van der Waals surface area contributed by atoms with Crippen molar-refractivity contribution in [3.8, 4) is 11.5 Å². The summed E-state index contributed by atoms with van der Waals surface area (Å²) in [5.74, 6) is 1.39. The zero-order chi connectivity index (χ0) is 14.8. The average molecular weight is 324 g/mol. The molecule has 1 aromatic carbocycles. The second-order valence-corrected chi connectivity index (χ2v) is 7.09. The maximum absolute atomic E-state index is 6.19. The van der Waals surface area contributed by atoms with Crippen LogP contribution in [0.2, 0.25) is 5.02 Å². The van der Waals surface area contributed by atoms with Gasteiger partial charge in [-0.3, -0.25) is 0 Å². The Morgan fingerprint density at radius 3 is 2.95 bits per heavy atom. The number of benzene rings is 1. The molecule has 1 N–H and O–H groups in total. The van der Waals surface area contributed by atoms with Crippen LogP contribution in [-0.2, 0) is 13.0 Å². The number of hydrogen-bond donors (Lipinski definition) is 1. The first-order valence-corrected chi connectivity index (χ1v) is 8.18. The SMILES string of the molecule is Cc1ccc(CC(C)NCc2cc(Cl)c3c(c2)OCO3)s1. The molecule has 3 rings (SSSR count). The standard InChI is InChI=1S/C16H18ClNO2S/c1-10(5-13-4-3-11(2)21-13)18-8-12-6-14(17)16-15(7-12)19-9-20-16/h3-4,6-7,10,18H,5,8-9H2,1-2H3. The zero-order valence-electron chi connectivity index (χ0n) is 12.1. The van der Waals surface area contributed by atoms with E-state index in [-0.39, 0.29) is 6.79 Å². The second-order valence-electron chi connectivity index (χ2n) is 5.31. The summed E-state index contributed by atoms with van der Waals surface area (Å²) in [4.78, 5) is 2.77. The number of ether oxygens (including phenoxy) is 2. The highest BCUT2D eigenvalue weighted by Crippen LogP contribution is 2.39. The molecule has 112 valence electrons. The molecule has 0 saturated heterocycles. The van der Waals surface area contributed by atoms with E-state index >= 15 is 0 Å². The number of aryl methyl sites for hydroxylation is 1. The van der Waals surface area contributed by atoms with Gasteiger partial charge in [-0.1, -0.05) is 11.6 Å². The normalized spacial score (nSPS) is 14.4. The number of thiophene rings is 1. The first kappa shape index (κ1) is 14.7. The third-order valence-corrected chi connectivity index (χ3v) is 4.75. The van der Waals surface area contributed by atoms with Crippen molar-refractivity contribution in [1.82, 2.24) is 5.32 Å². The van der Waals surface area contributed by atoms with Crippen molar-refractivity contribution < 1.29 is 9.47 Å². The van der Waals surface area contributed by atoms with E-state index in [0.29, 0.717) is 16.8 Å². The fraction of sp³-hybridized carbons (Fsp3) is 0.375. The van der Waals surface area contributed by atoms with Crippen molar-refractivity contribution in [2.75, 3.05) is 6.79 Å². The molecule has 5 heteroatoms. The first-order chi connectivity index (χ1) is 10.1. The van der Waals surface area contributed by atoms with Crippen molar-refractivity contribution in [2.45, 2.75) is 32.9 Å². The lowest BCUT2D eigenvalue weighted by molar-refractivity contribution is 0.174. The Morgan fingerprint density at radius 2 is 2.19 bits per heavy atom. The monoisotopic (exact) mass is 323 g/mol. The molecule has 1 aliphatic heterocycles. The van der Waals surface area contributed by atoms with Crippen molar-refractivity contribution in [3.63, 3.8) is 0 Å². The van der Waals surface area contributed by atoms with E-state index in [1.807, 2.05) is 23.5 Å². The topological polar surface area (TPSA) is 30.5 Å². The van der Waals surface area contributed by atoms with Gasteiger partial charge in [-0.05, 0) is 50.1 Å². The van der Waals surface area contributed by atoms with Crippen LogP contribution in [0.3, 0.4) is 0 Å². The van der Waals surface area contributed by atoms with E-state index in [2.05, 4.69) is 31.3 Å². The van der Waals surface area contributed by atoms with Gasteiger partial charge >= 0.3 is 0 Å². The van der Waals surface area contributed by atoms with Crippen molar-refractivity contribution in [2.24, 2.45) is 0 Å². The van der Waals surface area contributed by atoms with Crippen LogP contribution in [0.15, 0.2) is 24.3 Å². The Balaban J connectivity index is 1.58. The molecule has 0 bridgehead atoms. The van der Waals surface area contributed by atoms with Crippen LogP contribution in [0.25, 0.3) is 0 Å². The van der Waals surface area contributed by atoms with E-state index in [1.165, 1.54) is 9.75 Å². The van der Waals surface area contributed by atoms with Crippen LogP contribution in [-0.4, -0.2) is 12.8 Å². The number of nitrogens with one attached hydrogen (secondary N) is 1. The number of hydrogen-bond acceptors (Lipinski definition) is 4. The Morgan fingerprint density at radius 1 is 1.33 bits per heavy atom. The smallest absolute Gasteiger partial charge is 0.231 e. The molecule has 0 saturated carbocycles. The Labute approximate surface area is 133 Å². The molecular weight excluding hydrogens is 306 g/mol. The summed E-state index contributed by atoms with van der Waals surface area (Å²) in [5.41, 5.74) is 1.11. The Kier molecular flexibility index (Phi) is 4.38. The molecule has 0 aliphatic carbocycles. The van der Waals surface area contributed by atoms with Crippen LogP contribution in [0.5, 0.6) is 11.5 Å². The predicted octanol–water partition coefficient (Wildman–Crippen LogP) is 4.16. The minimum atomic E-state index is 0.250. The van der Waals surface area contributed by atoms with Gasteiger partial charge in [0.2, 0.25) is 6.79 Å². The molecule has 1 aliphatic rings. The fourth-order valence-electron chi connectivity index (χ4n) is 2.38. The zero-order valence-corrected chi connectivity index (χ0v) is 13.7. The number of fused-ring (bicyclic) bond motifs is 1. The third-order valence-electron chi connectivity index (χ3n) is 3.45. The number of halogens is 1. The van der Waals surface area contributed by atoms with Gasteiger partial charge in [0.1, 0.15) is 0 Å². The molecule has 21 heavy (non-hydrogen) atoms. The molecule has 1 aromatic heterocycles. The molecule has 3 nitrogen and oxygen atoms in total. The van der Waals surface area contributed by atoms with E-state index in [4.69, 9.17) is 21.1 Å². The summed E-state index contributed by atoms with van der Waals surface area (Å²) in [6.45, 7) is 5.35. The van der Waals surface area contributed by atoms with Crippen LogP contribution < -0.4 is 14.8 Å². The molecule has 0 spiro atoms. The summed E-state index contributed by atoms with van der Waals surface area (Å²) in [6.07, 6.45) is 1.04. The molecule has 0 radical (unpaired) electrons. The molecule has 1 atom stereocenters. The van der Waals surface area contributed by atoms with Gasteiger partial charge in [0.05, 0.1) is 5.02 Å². The third kappa shape index (κ3) is 3.51. The van der Waals surface area contributed by atoms with Gasteiger partial charge < -0.3 is 14.8 Å². The van der Waals surface area contributed by atoms with Gasteiger partial charge in [0, 0.05) is 22.3 Å². The lowest BCUT2D eigenvalue weighted by Gasteiger charge is -2.13. The largest absolute Gasteiger partial charge is 0.454 e. The quantitative estimate of drug-likeness (QED) is 0.896. The fourth-order valence-corrected chi connectivity index (χ4v) is 3.69. The Bertz CT molecular complexity index is 641.